The van der Waals surface area contributed by atoms with Gasteiger partial charge in [0.15, 0.2) is 5.65 Å². The number of nitrogens with zero attached hydrogens (tertiary/aromatic N) is 5. The van der Waals surface area contributed by atoms with Gasteiger partial charge in [0.1, 0.15) is 12.1 Å². The standard InChI is InChI=1S/C13H19N5/c1-9-4-10(2)7-18(6-9)13-11-5-16-17(3)12(11)14-8-15-13/h5,8-10H,4,6-7H2,1-3H3/t9-,10-/m1/s1. The second-order valence-corrected chi connectivity index (χ2v) is 5.55. The minimum Gasteiger partial charge on any atom is -0.355 e. The van der Waals surface area contributed by atoms with Crippen molar-refractivity contribution in [2.24, 2.45) is 18.9 Å². The molecule has 5 nitrogen and oxygen atoms in total. The molecular formula is C13H19N5. The van der Waals surface area contributed by atoms with Crippen LogP contribution in [0.15, 0.2) is 12.5 Å². The van der Waals surface area contributed by atoms with Crippen LogP contribution in [-0.2, 0) is 7.05 Å². The highest BCUT2D eigenvalue weighted by Gasteiger charge is 2.24. The molecule has 2 aromatic rings. The molecule has 96 valence electrons. The average molecular weight is 245 g/mol. The highest BCUT2D eigenvalue weighted by atomic mass is 15.3. The Morgan fingerprint density at radius 1 is 1.17 bits per heavy atom. The highest BCUT2D eigenvalue weighted by Crippen LogP contribution is 2.28. The van der Waals surface area contributed by atoms with Gasteiger partial charge < -0.3 is 4.90 Å². The Bertz CT molecular complexity index is 552. The van der Waals surface area contributed by atoms with Gasteiger partial charge in [0.05, 0.1) is 11.6 Å². The molecule has 3 heterocycles. The van der Waals surface area contributed by atoms with E-state index in [1.54, 1.807) is 11.0 Å². The topological polar surface area (TPSA) is 46.8 Å². The van der Waals surface area contributed by atoms with Crippen molar-refractivity contribution < 1.29 is 0 Å². The van der Waals surface area contributed by atoms with Gasteiger partial charge in [-0.1, -0.05) is 13.8 Å². The molecule has 3 rings (SSSR count). The SMILES string of the molecule is C[C@@H]1C[C@@H](C)CN(c2ncnc3c2cnn3C)C1. The van der Waals surface area contributed by atoms with Gasteiger partial charge in [-0.2, -0.15) is 5.10 Å². The van der Waals surface area contributed by atoms with Crippen LogP contribution in [0.25, 0.3) is 11.0 Å². The molecule has 0 bridgehead atoms. The molecule has 0 spiro atoms. The molecule has 2 atom stereocenters. The van der Waals surface area contributed by atoms with E-state index in [4.69, 9.17) is 0 Å². The van der Waals surface area contributed by atoms with Crippen molar-refractivity contribution in [3.63, 3.8) is 0 Å². The van der Waals surface area contributed by atoms with E-state index >= 15 is 0 Å². The van der Waals surface area contributed by atoms with Gasteiger partial charge in [-0.25, -0.2) is 9.97 Å². The molecule has 2 aromatic heterocycles. The van der Waals surface area contributed by atoms with Gasteiger partial charge in [0, 0.05) is 20.1 Å². The zero-order valence-electron chi connectivity index (χ0n) is 11.2. The molecule has 0 aliphatic carbocycles. The maximum Gasteiger partial charge on any atom is 0.163 e. The number of fused-ring (bicyclic) bond motifs is 1. The van der Waals surface area contributed by atoms with Crippen molar-refractivity contribution in [2.45, 2.75) is 20.3 Å². The van der Waals surface area contributed by atoms with Crippen LogP contribution in [0.5, 0.6) is 0 Å². The summed E-state index contributed by atoms with van der Waals surface area (Å²) in [5.41, 5.74) is 0.908. The quantitative estimate of drug-likeness (QED) is 0.769. The van der Waals surface area contributed by atoms with Crippen LogP contribution in [-0.4, -0.2) is 32.8 Å². The number of piperidine rings is 1. The van der Waals surface area contributed by atoms with E-state index in [1.165, 1.54) is 6.42 Å². The Morgan fingerprint density at radius 2 is 1.89 bits per heavy atom. The first-order chi connectivity index (χ1) is 8.65. The summed E-state index contributed by atoms with van der Waals surface area (Å²) in [7, 11) is 1.92. The van der Waals surface area contributed by atoms with E-state index < -0.39 is 0 Å². The molecule has 1 fully saturated rings. The summed E-state index contributed by atoms with van der Waals surface area (Å²) in [5.74, 6) is 2.47. The van der Waals surface area contributed by atoms with Crippen LogP contribution >= 0.6 is 0 Å². The monoisotopic (exact) mass is 245 g/mol. The molecule has 0 N–H and O–H groups in total. The summed E-state index contributed by atoms with van der Waals surface area (Å²) < 4.78 is 1.80. The zero-order valence-corrected chi connectivity index (χ0v) is 11.2. The predicted octanol–water partition coefficient (Wildman–Crippen LogP) is 1.85. The summed E-state index contributed by atoms with van der Waals surface area (Å²) in [4.78, 5) is 11.2. The minimum atomic E-state index is 0.718. The Morgan fingerprint density at radius 3 is 2.61 bits per heavy atom. The lowest BCUT2D eigenvalue weighted by molar-refractivity contribution is 0.356. The van der Waals surface area contributed by atoms with E-state index in [0.29, 0.717) is 0 Å². The van der Waals surface area contributed by atoms with Crippen LogP contribution in [0.4, 0.5) is 5.82 Å². The second kappa shape index (κ2) is 4.23. The third-order valence-electron chi connectivity index (χ3n) is 3.68. The summed E-state index contributed by atoms with van der Waals surface area (Å²) in [5, 5.41) is 5.33. The summed E-state index contributed by atoms with van der Waals surface area (Å²) in [6, 6.07) is 0. The number of aromatic nitrogens is 4. The van der Waals surface area contributed by atoms with Crippen molar-refractivity contribution in [2.75, 3.05) is 18.0 Å². The van der Waals surface area contributed by atoms with Crippen molar-refractivity contribution in [1.82, 2.24) is 19.7 Å². The molecule has 1 saturated heterocycles. The van der Waals surface area contributed by atoms with Gasteiger partial charge in [0.2, 0.25) is 0 Å². The third-order valence-corrected chi connectivity index (χ3v) is 3.68. The molecule has 0 radical (unpaired) electrons. The first-order valence-corrected chi connectivity index (χ1v) is 6.53. The van der Waals surface area contributed by atoms with Crippen LogP contribution < -0.4 is 4.90 Å². The average Bonchev–Trinajstić information content (AvgIpc) is 2.70. The molecule has 0 unspecified atom stereocenters. The first kappa shape index (κ1) is 11.4. The van der Waals surface area contributed by atoms with Crippen LogP contribution in [0.3, 0.4) is 0 Å². The maximum absolute atomic E-state index is 4.47. The normalized spacial score (nSPS) is 24.7. The van der Waals surface area contributed by atoms with Gasteiger partial charge in [0.25, 0.3) is 0 Å². The predicted molar refractivity (Wildman–Crippen MR) is 71.5 cm³/mol. The summed E-state index contributed by atoms with van der Waals surface area (Å²) in [6.45, 7) is 6.77. The van der Waals surface area contributed by atoms with E-state index in [2.05, 4.69) is 33.8 Å². The number of aryl methyl sites for hydroxylation is 1. The molecular weight excluding hydrogens is 226 g/mol. The van der Waals surface area contributed by atoms with Crippen LogP contribution in [0, 0.1) is 11.8 Å². The lowest BCUT2D eigenvalue weighted by Gasteiger charge is -2.35. The fourth-order valence-electron chi connectivity index (χ4n) is 3.04. The molecule has 18 heavy (non-hydrogen) atoms. The number of hydrogen-bond acceptors (Lipinski definition) is 4. The number of hydrogen-bond donors (Lipinski definition) is 0. The fourth-order valence-corrected chi connectivity index (χ4v) is 3.04. The summed E-state index contributed by atoms with van der Waals surface area (Å²) in [6.07, 6.45) is 4.82. The Labute approximate surface area is 107 Å². The van der Waals surface area contributed by atoms with Crippen molar-refractivity contribution in [3.8, 4) is 0 Å². The number of rotatable bonds is 1. The van der Waals surface area contributed by atoms with Crippen molar-refractivity contribution in [1.29, 1.82) is 0 Å². The van der Waals surface area contributed by atoms with Crippen molar-refractivity contribution in [3.05, 3.63) is 12.5 Å². The summed E-state index contributed by atoms with van der Waals surface area (Å²) >= 11 is 0. The number of anilines is 1. The van der Waals surface area contributed by atoms with E-state index in [9.17, 15) is 0 Å². The van der Waals surface area contributed by atoms with Crippen LogP contribution in [0.2, 0.25) is 0 Å². The lowest BCUT2D eigenvalue weighted by Crippen LogP contribution is -2.39. The second-order valence-electron chi connectivity index (χ2n) is 5.55. The zero-order chi connectivity index (χ0) is 12.7. The molecule has 1 aliphatic rings. The van der Waals surface area contributed by atoms with E-state index in [1.807, 2.05) is 13.2 Å². The molecule has 1 aliphatic heterocycles. The van der Waals surface area contributed by atoms with Gasteiger partial charge >= 0.3 is 0 Å². The Kier molecular flexibility index (Phi) is 2.69. The highest BCUT2D eigenvalue weighted by molar-refractivity contribution is 5.86. The molecule has 5 heteroatoms. The minimum absolute atomic E-state index is 0.718. The molecule has 0 saturated carbocycles. The van der Waals surface area contributed by atoms with Crippen molar-refractivity contribution >= 4 is 16.9 Å². The van der Waals surface area contributed by atoms with Gasteiger partial charge in [-0.15, -0.1) is 0 Å². The maximum atomic E-state index is 4.47. The fraction of sp³-hybridized carbons (Fsp3) is 0.615. The van der Waals surface area contributed by atoms with Gasteiger partial charge in [-0.3, -0.25) is 4.68 Å². The van der Waals surface area contributed by atoms with Crippen LogP contribution in [0.1, 0.15) is 20.3 Å². The molecule has 0 aromatic carbocycles. The Hall–Kier alpha value is -1.65. The molecule has 0 amide bonds. The first-order valence-electron chi connectivity index (χ1n) is 6.53. The van der Waals surface area contributed by atoms with E-state index in [-0.39, 0.29) is 0 Å². The van der Waals surface area contributed by atoms with Gasteiger partial charge in [-0.05, 0) is 18.3 Å². The lowest BCUT2D eigenvalue weighted by atomic mass is 9.92. The Balaban J connectivity index is 2.03. The smallest absolute Gasteiger partial charge is 0.163 e. The van der Waals surface area contributed by atoms with E-state index in [0.717, 1.165) is 41.8 Å². The largest absolute Gasteiger partial charge is 0.355 e. The third kappa shape index (κ3) is 1.83.